The predicted octanol–water partition coefficient (Wildman–Crippen LogP) is 2.59. The summed E-state index contributed by atoms with van der Waals surface area (Å²) in [5.41, 5.74) is 1.02. The van der Waals surface area contributed by atoms with Crippen LogP contribution < -0.4 is 14.4 Å². The molecule has 1 aliphatic rings. The Morgan fingerprint density at radius 1 is 1.19 bits per heavy atom. The van der Waals surface area contributed by atoms with E-state index in [0.29, 0.717) is 53.8 Å². The number of ether oxygens (including phenoxy) is 2. The summed E-state index contributed by atoms with van der Waals surface area (Å²) in [4.78, 5) is 21.0. The summed E-state index contributed by atoms with van der Waals surface area (Å²) in [6.07, 6.45) is 1.62. The van der Waals surface area contributed by atoms with E-state index in [1.807, 2.05) is 0 Å². The van der Waals surface area contributed by atoms with Gasteiger partial charge in [-0.15, -0.1) is 0 Å². The molecule has 8 heteroatoms. The van der Waals surface area contributed by atoms with Crippen LogP contribution in [0.25, 0.3) is 0 Å². The first-order valence-corrected chi connectivity index (χ1v) is 8.77. The van der Waals surface area contributed by atoms with E-state index in [-0.39, 0.29) is 5.91 Å². The summed E-state index contributed by atoms with van der Waals surface area (Å²) in [5, 5.41) is 9.35. The van der Waals surface area contributed by atoms with Gasteiger partial charge in [-0.25, -0.2) is 4.98 Å². The molecule has 2 heterocycles. The molecule has 0 saturated carbocycles. The van der Waals surface area contributed by atoms with Gasteiger partial charge >= 0.3 is 0 Å². The number of anilines is 1. The summed E-state index contributed by atoms with van der Waals surface area (Å²) >= 11 is 6.21. The number of carbonyl (C=O) groups is 1. The molecule has 1 aliphatic heterocycles. The van der Waals surface area contributed by atoms with Gasteiger partial charge in [-0.2, -0.15) is 5.26 Å². The molecule has 0 spiro atoms. The maximum atomic E-state index is 12.9. The number of pyridine rings is 1. The van der Waals surface area contributed by atoms with Crippen molar-refractivity contribution in [3.05, 3.63) is 46.6 Å². The lowest BCUT2D eigenvalue weighted by atomic mass is 10.1. The van der Waals surface area contributed by atoms with Crippen molar-refractivity contribution in [3.8, 4) is 17.6 Å². The number of benzene rings is 1. The van der Waals surface area contributed by atoms with Gasteiger partial charge in [0.25, 0.3) is 5.91 Å². The number of aromatic nitrogens is 1. The molecule has 0 aliphatic carbocycles. The fourth-order valence-corrected chi connectivity index (χ4v) is 3.31. The molecule has 0 bridgehead atoms. The van der Waals surface area contributed by atoms with E-state index >= 15 is 0 Å². The van der Waals surface area contributed by atoms with Gasteiger partial charge in [-0.1, -0.05) is 11.6 Å². The average molecular weight is 387 g/mol. The summed E-state index contributed by atoms with van der Waals surface area (Å²) in [6.45, 7) is 2.36. The molecule has 1 saturated heterocycles. The third kappa shape index (κ3) is 3.91. The predicted molar refractivity (Wildman–Crippen MR) is 102 cm³/mol. The van der Waals surface area contributed by atoms with Gasteiger partial charge in [0.15, 0.2) is 11.5 Å². The quantitative estimate of drug-likeness (QED) is 0.803. The van der Waals surface area contributed by atoms with Gasteiger partial charge in [0, 0.05) is 37.9 Å². The van der Waals surface area contributed by atoms with Crippen LogP contribution in [0.3, 0.4) is 0 Å². The summed E-state index contributed by atoms with van der Waals surface area (Å²) in [7, 11) is 3.00. The molecule has 7 nitrogen and oxygen atoms in total. The second-order valence-corrected chi connectivity index (χ2v) is 6.39. The number of carbonyl (C=O) groups excluding carboxylic acids is 1. The highest BCUT2D eigenvalue weighted by atomic mass is 35.5. The smallest absolute Gasteiger partial charge is 0.254 e. The largest absolute Gasteiger partial charge is 0.493 e. The van der Waals surface area contributed by atoms with E-state index in [0.717, 1.165) is 5.82 Å². The van der Waals surface area contributed by atoms with Crippen LogP contribution in [0.2, 0.25) is 5.02 Å². The van der Waals surface area contributed by atoms with E-state index in [1.54, 1.807) is 35.4 Å². The SMILES string of the molecule is COc1cc(C(=O)N2CCN(c3cc(C#N)ccn3)CC2)cc(Cl)c1OC. The Kier molecular flexibility index (Phi) is 5.67. The number of hydrogen-bond acceptors (Lipinski definition) is 6. The number of nitrogens with zero attached hydrogens (tertiary/aromatic N) is 4. The third-order valence-corrected chi connectivity index (χ3v) is 4.73. The minimum absolute atomic E-state index is 0.115. The van der Waals surface area contributed by atoms with Crippen LogP contribution in [-0.4, -0.2) is 56.2 Å². The highest BCUT2D eigenvalue weighted by molar-refractivity contribution is 6.32. The van der Waals surface area contributed by atoms with E-state index in [4.69, 9.17) is 26.3 Å². The first-order chi connectivity index (χ1) is 13.1. The molecule has 27 heavy (non-hydrogen) atoms. The molecule has 1 aromatic carbocycles. The molecule has 0 atom stereocenters. The molecular formula is C19H19ClN4O3. The highest BCUT2D eigenvalue weighted by Gasteiger charge is 2.24. The maximum absolute atomic E-state index is 12.9. The van der Waals surface area contributed by atoms with Crippen molar-refractivity contribution in [1.82, 2.24) is 9.88 Å². The van der Waals surface area contributed by atoms with E-state index in [9.17, 15) is 4.79 Å². The highest BCUT2D eigenvalue weighted by Crippen LogP contribution is 2.36. The summed E-state index contributed by atoms with van der Waals surface area (Å²) < 4.78 is 10.5. The molecule has 0 radical (unpaired) electrons. The Bertz CT molecular complexity index is 889. The van der Waals surface area contributed by atoms with Crippen molar-refractivity contribution in [3.63, 3.8) is 0 Å². The molecule has 0 unspecified atom stereocenters. The summed E-state index contributed by atoms with van der Waals surface area (Å²) in [6, 6.07) is 8.77. The van der Waals surface area contributed by atoms with Crippen molar-refractivity contribution in [2.75, 3.05) is 45.3 Å². The Hall–Kier alpha value is -2.98. The lowest BCUT2D eigenvalue weighted by Gasteiger charge is -2.35. The average Bonchev–Trinajstić information content (AvgIpc) is 2.72. The Labute approximate surface area is 162 Å². The van der Waals surface area contributed by atoms with Crippen LogP contribution in [0.5, 0.6) is 11.5 Å². The van der Waals surface area contributed by atoms with Gasteiger partial charge < -0.3 is 19.3 Å². The number of methoxy groups -OCH3 is 2. The van der Waals surface area contributed by atoms with Gasteiger partial charge in [0.2, 0.25) is 0 Å². The third-order valence-electron chi connectivity index (χ3n) is 4.45. The first kappa shape index (κ1) is 18.8. The van der Waals surface area contributed by atoms with Crippen molar-refractivity contribution >= 4 is 23.3 Å². The number of rotatable bonds is 4. The fourth-order valence-electron chi connectivity index (χ4n) is 3.02. The number of amides is 1. The molecule has 1 amide bonds. The van der Waals surface area contributed by atoms with E-state index < -0.39 is 0 Å². The van der Waals surface area contributed by atoms with Crippen LogP contribution in [0, 0.1) is 11.3 Å². The molecular weight excluding hydrogens is 368 g/mol. The number of hydrogen-bond donors (Lipinski definition) is 0. The second-order valence-electron chi connectivity index (χ2n) is 5.99. The Balaban J connectivity index is 1.72. The zero-order valence-corrected chi connectivity index (χ0v) is 15.9. The molecule has 3 rings (SSSR count). The minimum atomic E-state index is -0.115. The minimum Gasteiger partial charge on any atom is -0.493 e. The van der Waals surface area contributed by atoms with Crippen molar-refractivity contribution in [1.29, 1.82) is 5.26 Å². The fraction of sp³-hybridized carbons (Fsp3) is 0.316. The summed E-state index contributed by atoms with van der Waals surface area (Å²) in [5.74, 6) is 1.46. The van der Waals surface area contributed by atoms with Crippen LogP contribution in [0.4, 0.5) is 5.82 Å². The Morgan fingerprint density at radius 2 is 1.93 bits per heavy atom. The van der Waals surface area contributed by atoms with Crippen LogP contribution in [0.15, 0.2) is 30.5 Å². The first-order valence-electron chi connectivity index (χ1n) is 8.39. The zero-order valence-electron chi connectivity index (χ0n) is 15.1. The molecule has 0 N–H and O–H groups in total. The molecule has 1 aromatic heterocycles. The van der Waals surface area contributed by atoms with Gasteiger partial charge in [0.1, 0.15) is 5.82 Å². The van der Waals surface area contributed by atoms with Crippen molar-refractivity contribution < 1.29 is 14.3 Å². The number of nitriles is 1. The number of piperazine rings is 1. The normalized spacial score (nSPS) is 13.9. The lowest BCUT2D eigenvalue weighted by Crippen LogP contribution is -2.49. The van der Waals surface area contributed by atoms with E-state index in [1.165, 1.54) is 14.2 Å². The second kappa shape index (κ2) is 8.14. The van der Waals surface area contributed by atoms with Crippen molar-refractivity contribution in [2.24, 2.45) is 0 Å². The molecule has 2 aromatic rings. The maximum Gasteiger partial charge on any atom is 0.254 e. The van der Waals surface area contributed by atoms with E-state index in [2.05, 4.69) is 16.0 Å². The zero-order chi connectivity index (χ0) is 19.4. The monoisotopic (exact) mass is 386 g/mol. The van der Waals surface area contributed by atoms with Crippen LogP contribution in [0.1, 0.15) is 15.9 Å². The standard InChI is InChI=1S/C19H19ClN4O3/c1-26-16-11-14(10-15(20)18(16)27-2)19(25)24-7-5-23(6-8-24)17-9-13(12-21)3-4-22-17/h3-4,9-11H,5-8H2,1-2H3. The topological polar surface area (TPSA) is 78.7 Å². The van der Waals surface area contributed by atoms with Crippen LogP contribution >= 0.6 is 11.6 Å². The van der Waals surface area contributed by atoms with Gasteiger partial charge in [0.05, 0.1) is 30.9 Å². The van der Waals surface area contributed by atoms with Crippen molar-refractivity contribution in [2.45, 2.75) is 0 Å². The number of halogens is 1. The lowest BCUT2D eigenvalue weighted by molar-refractivity contribution is 0.0746. The van der Waals surface area contributed by atoms with Gasteiger partial charge in [-0.3, -0.25) is 4.79 Å². The molecule has 1 fully saturated rings. The Morgan fingerprint density at radius 3 is 2.56 bits per heavy atom. The molecule has 140 valence electrons. The van der Waals surface area contributed by atoms with Gasteiger partial charge in [-0.05, 0) is 24.3 Å². The van der Waals surface area contributed by atoms with Crippen LogP contribution in [-0.2, 0) is 0 Å².